The lowest BCUT2D eigenvalue weighted by Gasteiger charge is -2.38. The number of hydrogen-bond donors (Lipinski definition) is 1. The second-order valence-electron chi connectivity index (χ2n) is 4.37. The summed E-state index contributed by atoms with van der Waals surface area (Å²) in [7, 11) is 1.41. The van der Waals surface area contributed by atoms with Crippen molar-refractivity contribution in [2.75, 3.05) is 20.3 Å². The molecule has 0 radical (unpaired) electrons. The van der Waals surface area contributed by atoms with Crippen molar-refractivity contribution in [2.45, 2.75) is 44.2 Å². The molecule has 17 heavy (non-hydrogen) atoms. The van der Waals surface area contributed by atoms with E-state index < -0.39 is 5.54 Å². The molecule has 1 aliphatic heterocycles. The quantitative estimate of drug-likeness (QED) is 0.576. The van der Waals surface area contributed by atoms with Crippen molar-refractivity contribution >= 4 is 5.97 Å². The molecule has 0 aromatic heterocycles. The van der Waals surface area contributed by atoms with E-state index in [0.717, 1.165) is 12.8 Å². The minimum Gasteiger partial charge on any atom is -0.468 e. The fourth-order valence-corrected chi connectivity index (χ4v) is 2.29. The molecule has 1 rings (SSSR count). The topological polar surface area (TPSA) is 47.6 Å². The average molecular weight is 239 g/mol. The Hall–Kier alpha value is -1.05. The predicted molar refractivity (Wildman–Crippen MR) is 65.5 cm³/mol. The van der Waals surface area contributed by atoms with Gasteiger partial charge < -0.3 is 9.47 Å². The zero-order chi connectivity index (χ0) is 12.7. The van der Waals surface area contributed by atoms with E-state index in [9.17, 15) is 4.79 Å². The zero-order valence-electron chi connectivity index (χ0n) is 10.6. The summed E-state index contributed by atoms with van der Waals surface area (Å²) in [5.41, 5.74) is -0.667. The maximum absolute atomic E-state index is 11.9. The molecule has 2 atom stereocenters. The van der Waals surface area contributed by atoms with Gasteiger partial charge in [0.1, 0.15) is 5.54 Å². The molecule has 4 heteroatoms. The second kappa shape index (κ2) is 6.63. The van der Waals surface area contributed by atoms with Crippen molar-refractivity contribution in [2.24, 2.45) is 0 Å². The van der Waals surface area contributed by atoms with Crippen LogP contribution in [0.25, 0.3) is 0 Å². The fourth-order valence-electron chi connectivity index (χ4n) is 2.29. The van der Waals surface area contributed by atoms with Gasteiger partial charge in [-0.1, -0.05) is 19.3 Å². The van der Waals surface area contributed by atoms with E-state index in [1.165, 1.54) is 7.11 Å². The summed E-state index contributed by atoms with van der Waals surface area (Å²) in [6.45, 7) is 3.04. The maximum Gasteiger partial charge on any atom is 0.326 e. The van der Waals surface area contributed by atoms with Crippen LogP contribution in [0.5, 0.6) is 0 Å². The highest BCUT2D eigenvalue weighted by Crippen LogP contribution is 2.28. The van der Waals surface area contributed by atoms with Gasteiger partial charge in [-0.25, -0.2) is 0 Å². The molecular formula is C13H21NO3. The predicted octanol–water partition coefficient (Wildman–Crippen LogP) is 1.10. The van der Waals surface area contributed by atoms with E-state index in [-0.39, 0.29) is 12.1 Å². The van der Waals surface area contributed by atoms with Crippen LogP contribution in [-0.2, 0) is 14.3 Å². The molecule has 96 valence electrons. The van der Waals surface area contributed by atoms with Gasteiger partial charge >= 0.3 is 5.97 Å². The summed E-state index contributed by atoms with van der Waals surface area (Å²) in [5, 5.41) is 3.13. The molecule has 0 bridgehead atoms. The number of terminal acetylenes is 1. The van der Waals surface area contributed by atoms with E-state index in [2.05, 4.69) is 18.2 Å². The van der Waals surface area contributed by atoms with Gasteiger partial charge in [0.2, 0.25) is 0 Å². The van der Waals surface area contributed by atoms with E-state index in [0.29, 0.717) is 26.0 Å². The molecule has 4 nitrogen and oxygen atoms in total. The molecule has 0 saturated carbocycles. The molecule has 0 spiro atoms. The minimum absolute atomic E-state index is 0.109. The number of rotatable bonds is 5. The Morgan fingerprint density at radius 3 is 3.06 bits per heavy atom. The van der Waals surface area contributed by atoms with Gasteiger partial charge in [0.15, 0.2) is 0 Å². The van der Waals surface area contributed by atoms with E-state index >= 15 is 0 Å². The number of esters is 1. The van der Waals surface area contributed by atoms with Gasteiger partial charge in [0.25, 0.3) is 0 Å². The number of methoxy groups -OCH3 is 1. The van der Waals surface area contributed by atoms with Crippen LogP contribution < -0.4 is 5.32 Å². The smallest absolute Gasteiger partial charge is 0.326 e. The third kappa shape index (κ3) is 3.45. The summed E-state index contributed by atoms with van der Waals surface area (Å²) in [5.74, 6) is 2.27. The molecule has 0 aromatic carbocycles. The van der Waals surface area contributed by atoms with Crippen LogP contribution in [0.3, 0.4) is 0 Å². The highest BCUT2D eigenvalue weighted by atomic mass is 16.5. The first-order chi connectivity index (χ1) is 8.18. The summed E-state index contributed by atoms with van der Waals surface area (Å²) in [6, 6.07) is 0. The lowest BCUT2D eigenvalue weighted by molar-refractivity contribution is -0.155. The molecule has 1 heterocycles. The SMILES string of the molecule is C#CCNC1(C(=O)OC)CCOC(CCC)C1. The molecule has 2 unspecified atom stereocenters. The normalized spacial score (nSPS) is 28.4. The first-order valence-corrected chi connectivity index (χ1v) is 6.07. The number of ether oxygens (including phenoxy) is 2. The van der Waals surface area contributed by atoms with Crippen LogP contribution in [0, 0.1) is 12.3 Å². The van der Waals surface area contributed by atoms with Crippen molar-refractivity contribution in [1.82, 2.24) is 5.32 Å². The third-order valence-electron chi connectivity index (χ3n) is 3.17. The van der Waals surface area contributed by atoms with Gasteiger partial charge in [-0.15, -0.1) is 6.42 Å². The van der Waals surface area contributed by atoms with Crippen molar-refractivity contribution in [3.63, 3.8) is 0 Å². The molecule has 0 aliphatic carbocycles. The van der Waals surface area contributed by atoms with Gasteiger partial charge in [-0.2, -0.15) is 0 Å². The van der Waals surface area contributed by atoms with Crippen molar-refractivity contribution in [3.8, 4) is 12.3 Å². The summed E-state index contributed by atoms with van der Waals surface area (Å²) in [6.07, 6.45) is 8.59. The Bertz CT molecular complexity index is 296. The number of hydrogen-bond acceptors (Lipinski definition) is 4. The Kier molecular flexibility index (Phi) is 5.46. The van der Waals surface area contributed by atoms with Gasteiger partial charge in [-0.3, -0.25) is 10.1 Å². The van der Waals surface area contributed by atoms with Crippen LogP contribution in [0.2, 0.25) is 0 Å². The van der Waals surface area contributed by atoms with Crippen LogP contribution in [0.4, 0.5) is 0 Å². The first kappa shape index (κ1) is 14.0. The Morgan fingerprint density at radius 1 is 1.71 bits per heavy atom. The molecular weight excluding hydrogens is 218 g/mol. The second-order valence-corrected chi connectivity index (χ2v) is 4.37. The van der Waals surface area contributed by atoms with Crippen LogP contribution in [0.1, 0.15) is 32.6 Å². The lowest BCUT2D eigenvalue weighted by atomic mass is 9.85. The van der Waals surface area contributed by atoms with Crippen molar-refractivity contribution in [3.05, 3.63) is 0 Å². The summed E-state index contributed by atoms with van der Waals surface area (Å²) >= 11 is 0. The standard InChI is InChI=1S/C13H21NO3/c1-4-6-11-10-13(7-9-17-11,12(15)16-3)14-8-5-2/h2,11,14H,4,6-10H2,1,3H3. The highest BCUT2D eigenvalue weighted by Gasteiger charge is 2.43. The molecule has 0 amide bonds. The zero-order valence-corrected chi connectivity index (χ0v) is 10.6. The van der Waals surface area contributed by atoms with Gasteiger partial charge in [-0.05, 0) is 12.8 Å². The minimum atomic E-state index is -0.667. The molecule has 1 fully saturated rings. The third-order valence-corrected chi connectivity index (χ3v) is 3.17. The average Bonchev–Trinajstić information content (AvgIpc) is 2.36. The van der Waals surface area contributed by atoms with E-state index in [1.54, 1.807) is 0 Å². The molecule has 1 aliphatic rings. The number of nitrogens with one attached hydrogen (secondary N) is 1. The summed E-state index contributed by atoms with van der Waals surface area (Å²) < 4.78 is 10.5. The van der Waals surface area contributed by atoms with E-state index in [1.807, 2.05) is 0 Å². The van der Waals surface area contributed by atoms with Crippen molar-refractivity contribution < 1.29 is 14.3 Å². The van der Waals surface area contributed by atoms with E-state index in [4.69, 9.17) is 15.9 Å². The number of carbonyl (C=O) groups excluding carboxylic acids is 1. The Labute approximate surface area is 103 Å². The monoisotopic (exact) mass is 239 g/mol. The van der Waals surface area contributed by atoms with Crippen LogP contribution in [0.15, 0.2) is 0 Å². The highest BCUT2D eigenvalue weighted by molar-refractivity contribution is 5.81. The largest absolute Gasteiger partial charge is 0.468 e. The summed E-state index contributed by atoms with van der Waals surface area (Å²) in [4.78, 5) is 11.9. The van der Waals surface area contributed by atoms with Crippen LogP contribution in [-0.4, -0.2) is 37.9 Å². The van der Waals surface area contributed by atoms with Crippen LogP contribution >= 0.6 is 0 Å². The fraction of sp³-hybridized carbons (Fsp3) is 0.769. The maximum atomic E-state index is 11.9. The Morgan fingerprint density at radius 2 is 2.47 bits per heavy atom. The number of carbonyl (C=O) groups is 1. The molecule has 1 saturated heterocycles. The van der Waals surface area contributed by atoms with Gasteiger partial charge in [0, 0.05) is 13.0 Å². The van der Waals surface area contributed by atoms with Crippen molar-refractivity contribution in [1.29, 1.82) is 0 Å². The lowest BCUT2D eigenvalue weighted by Crippen LogP contribution is -2.58. The molecule has 1 N–H and O–H groups in total. The Balaban J connectivity index is 2.74. The first-order valence-electron chi connectivity index (χ1n) is 6.07. The van der Waals surface area contributed by atoms with Gasteiger partial charge in [0.05, 0.1) is 19.8 Å². The molecule has 0 aromatic rings.